The maximum absolute atomic E-state index is 11.9. The third kappa shape index (κ3) is 3.03. The van der Waals surface area contributed by atoms with E-state index in [1.54, 1.807) is 0 Å². The zero-order chi connectivity index (χ0) is 15.7. The van der Waals surface area contributed by atoms with Gasteiger partial charge in [-0.15, -0.1) is 0 Å². The first-order valence-corrected chi connectivity index (χ1v) is 9.04. The van der Waals surface area contributed by atoms with Crippen LogP contribution in [0, 0.1) is 9.49 Å². The summed E-state index contributed by atoms with van der Waals surface area (Å²) in [5.74, 6) is -0.905. The van der Waals surface area contributed by atoms with Crippen molar-refractivity contribution >= 4 is 28.6 Å². The van der Waals surface area contributed by atoms with Crippen LogP contribution in [0.1, 0.15) is 37.2 Å². The molecule has 1 aromatic carbocycles. The molecule has 0 radical (unpaired) electrons. The topological polar surface area (TPSA) is 60.8 Å². The van der Waals surface area contributed by atoms with Crippen molar-refractivity contribution in [3.63, 3.8) is 0 Å². The number of aliphatic hydroxyl groups excluding tert-OH is 1. The smallest absolute Gasteiger partial charge is 0.308 e. The number of benzene rings is 1. The van der Waals surface area contributed by atoms with Gasteiger partial charge in [0, 0.05) is 34.7 Å². The highest BCUT2D eigenvalue weighted by Crippen LogP contribution is 2.47. The molecule has 4 nitrogen and oxygen atoms in total. The molecule has 4 unspecified atom stereocenters. The lowest BCUT2D eigenvalue weighted by Crippen LogP contribution is -2.51. The van der Waals surface area contributed by atoms with E-state index < -0.39 is 5.97 Å². The summed E-state index contributed by atoms with van der Waals surface area (Å²) in [5, 5.41) is 18.9. The van der Waals surface area contributed by atoms with Gasteiger partial charge in [-0.1, -0.05) is 12.1 Å². The molecule has 2 bridgehead atoms. The maximum Gasteiger partial charge on any atom is 0.308 e. The van der Waals surface area contributed by atoms with Crippen LogP contribution in [0.25, 0.3) is 0 Å². The predicted molar refractivity (Wildman–Crippen MR) is 92.9 cm³/mol. The molecule has 2 aliphatic heterocycles. The van der Waals surface area contributed by atoms with Crippen LogP contribution in [0.5, 0.6) is 0 Å². The van der Waals surface area contributed by atoms with Crippen LogP contribution in [-0.2, 0) is 4.79 Å². The van der Waals surface area contributed by atoms with Gasteiger partial charge < -0.3 is 10.2 Å². The van der Waals surface area contributed by atoms with E-state index in [4.69, 9.17) is 5.11 Å². The van der Waals surface area contributed by atoms with Crippen LogP contribution in [0.2, 0.25) is 0 Å². The molecule has 2 aliphatic rings. The summed E-state index contributed by atoms with van der Waals surface area (Å²) in [6, 6.07) is 8.89. The number of fused-ring (bicyclic) bond motifs is 2. The second kappa shape index (κ2) is 6.84. The minimum Gasteiger partial charge on any atom is -0.481 e. The Balaban J connectivity index is 1.87. The fourth-order valence-electron chi connectivity index (χ4n) is 4.30. The molecule has 0 saturated carbocycles. The van der Waals surface area contributed by atoms with E-state index in [-0.39, 0.29) is 24.5 Å². The molecule has 2 heterocycles. The van der Waals surface area contributed by atoms with Crippen molar-refractivity contribution in [2.75, 3.05) is 13.2 Å². The molecule has 3 rings (SSSR count). The number of carboxylic acids is 1. The minimum absolute atomic E-state index is 0.109. The Morgan fingerprint density at radius 2 is 2.00 bits per heavy atom. The average Bonchev–Trinajstić information content (AvgIpc) is 2.76. The van der Waals surface area contributed by atoms with Gasteiger partial charge >= 0.3 is 5.97 Å². The molecule has 0 amide bonds. The van der Waals surface area contributed by atoms with Crippen molar-refractivity contribution in [1.82, 2.24) is 4.90 Å². The van der Waals surface area contributed by atoms with Crippen LogP contribution in [0.15, 0.2) is 24.3 Å². The molecular weight excluding hydrogens is 393 g/mol. The van der Waals surface area contributed by atoms with Gasteiger partial charge in [0.1, 0.15) is 0 Å². The van der Waals surface area contributed by atoms with Crippen LogP contribution in [0.3, 0.4) is 0 Å². The molecular formula is C17H22INO3. The molecule has 120 valence electrons. The summed E-state index contributed by atoms with van der Waals surface area (Å²) in [4.78, 5) is 14.3. The Kier molecular flexibility index (Phi) is 5.04. The molecule has 0 aliphatic carbocycles. The highest BCUT2D eigenvalue weighted by atomic mass is 127. The number of hydrogen-bond acceptors (Lipinski definition) is 3. The van der Waals surface area contributed by atoms with Crippen molar-refractivity contribution in [1.29, 1.82) is 0 Å². The standard InChI is InChI=1S/C17H22INO3/c18-12-4-2-11(3-5-12)14-10-13-6-7-15(16(14)17(21)22)19(13)8-1-9-20/h2-5,13-16,20H,1,6-10H2,(H,21,22). The fourth-order valence-corrected chi connectivity index (χ4v) is 4.66. The monoisotopic (exact) mass is 415 g/mol. The molecule has 2 saturated heterocycles. The van der Waals surface area contributed by atoms with Crippen LogP contribution < -0.4 is 0 Å². The average molecular weight is 415 g/mol. The lowest BCUT2D eigenvalue weighted by Gasteiger charge is -2.43. The van der Waals surface area contributed by atoms with Crippen molar-refractivity contribution < 1.29 is 15.0 Å². The number of piperidine rings is 1. The number of aliphatic hydroxyl groups is 1. The Labute approximate surface area is 144 Å². The molecule has 22 heavy (non-hydrogen) atoms. The van der Waals surface area contributed by atoms with E-state index in [1.807, 2.05) is 0 Å². The Morgan fingerprint density at radius 1 is 1.27 bits per heavy atom. The van der Waals surface area contributed by atoms with Crippen molar-refractivity contribution in [2.24, 2.45) is 5.92 Å². The summed E-state index contributed by atoms with van der Waals surface area (Å²) >= 11 is 2.28. The molecule has 5 heteroatoms. The van der Waals surface area contributed by atoms with Crippen molar-refractivity contribution in [2.45, 2.75) is 43.7 Å². The summed E-state index contributed by atoms with van der Waals surface area (Å²) in [5.41, 5.74) is 1.16. The number of aliphatic carboxylic acids is 1. The van der Waals surface area contributed by atoms with E-state index in [1.165, 1.54) is 3.57 Å². The molecule has 0 aromatic heterocycles. The van der Waals surface area contributed by atoms with Crippen molar-refractivity contribution in [3.8, 4) is 0 Å². The van der Waals surface area contributed by atoms with Crippen LogP contribution in [-0.4, -0.2) is 46.3 Å². The lowest BCUT2D eigenvalue weighted by molar-refractivity contribution is -0.147. The minimum atomic E-state index is -0.678. The largest absolute Gasteiger partial charge is 0.481 e. The number of hydrogen-bond donors (Lipinski definition) is 2. The van der Waals surface area contributed by atoms with Gasteiger partial charge in [-0.25, -0.2) is 0 Å². The zero-order valence-corrected chi connectivity index (χ0v) is 14.6. The van der Waals surface area contributed by atoms with Crippen LogP contribution in [0.4, 0.5) is 0 Å². The van der Waals surface area contributed by atoms with E-state index >= 15 is 0 Å². The van der Waals surface area contributed by atoms with Gasteiger partial charge in [0.2, 0.25) is 0 Å². The number of nitrogens with zero attached hydrogens (tertiary/aromatic N) is 1. The van der Waals surface area contributed by atoms with E-state index in [9.17, 15) is 9.90 Å². The summed E-state index contributed by atoms with van der Waals surface area (Å²) in [6.07, 6.45) is 3.70. The molecule has 0 spiro atoms. The molecule has 2 N–H and O–H groups in total. The fraction of sp³-hybridized carbons (Fsp3) is 0.588. The van der Waals surface area contributed by atoms with E-state index in [2.05, 4.69) is 51.8 Å². The summed E-state index contributed by atoms with van der Waals surface area (Å²) in [7, 11) is 0. The number of carbonyl (C=O) groups is 1. The summed E-state index contributed by atoms with van der Waals surface area (Å²) < 4.78 is 1.18. The Morgan fingerprint density at radius 3 is 2.64 bits per heavy atom. The maximum atomic E-state index is 11.9. The first-order valence-electron chi connectivity index (χ1n) is 7.96. The second-order valence-electron chi connectivity index (χ2n) is 6.37. The summed E-state index contributed by atoms with van der Waals surface area (Å²) in [6.45, 7) is 0.989. The second-order valence-corrected chi connectivity index (χ2v) is 7.62. The zero-order valence-electron chi connectivity index (χ0n) is 12.5. The van der Waals surface area contributed by atoms with Gasteiger partial charge in [0.05, 0.1) is 5.92 Å². The molecule has 2 fully saturated rings. The molecule has 1 aromatic rings. The van der Waals surface area contributed by atoms with Crippen molar-refractivity contribution in [3.05, 3.63) is 33.4 Å². The van der Waals surface area contributed by atoms with E-state index in [0.717, 1.165) is 37.8 Å². The quantitative estimate of drug-likeness (QED) is 0.727. The third-order valence-electron chi connectivity index (χ3n) is 5.22. The Hall–Kier alpha value is -0.660. The normalized spacial score (nSPS) is 31.4. The highest BCUT2D eigenvalue weighted by molar-refractivity contribution is 14.1. The SMILES string of the molecule is O=C(O)C1C(c2ccc(I)cc2)CC2CCC1N2CCCO. The lowest BCUT2D eigenvalue weighted by atomic mass is 9.76. The molecule has 4 atom stereocenters. The van der Waals surface area contributed by atoms with Gasteiger partial charge in [-0.3, -0.25) is 9.69 Å². The van der Waals surface area contributed by atoms with Gasteiger partial charge in [-0.05, 0) is 66.0 Å². The Bertz CT molecular complexity index is 533. The number of carboxylic acid groups (broad SMARTS) is 1. The van der Waals surface area contributed by atoms with E-state index in [0.29, 0.717) is 6.04 Å². The third-order valence-corrected chi connectivity index (χ3v) is 5.94. The van der Waals surface area contributed by atoms with Crippen LogP contribution >= 0.6 is 22.6 Å². The van der Waals surface area contributed by atoms with Gasteiger partial charge in [0.15, 0.2) is 0 Å². The highest BCUT2D eigenvalue weighted by Gasteiger charge is 2.50. The number of rotatable bonds is 5. The van der Waals surface area contributed by atoms with Gasteiger partial charge in [0.25, 0.3) is 0 Å². The number of halogens is 1. The first kappa shape index (κ1) is 16.2. The van der Waals surface area contributed by atoms with Gasteiger partial charge in [-0.2, -0.15) is 0 Å². The predicted octanol–water partition coefficient (Wildman–Crippen LogP) is 2.69. The first-order chi connectivity index (χ1) is 10.6.